The normalized spacial score (nSPS) is 22.8. The topological polar surface area (TPSA) is 23.6 Å². The number of piperidine rings is 2. The number of carbonyl (C=O) groups excluding carboxylic acids is 1. The fourth-order valence-electron chi connectivity index (χ4n) is 4.66. The third kappa shape index (κ3) is 4.81. The Morgan fingerprint density at radius 1 is 1.00 bits per heavy atom. The lowest BCUT2D eigenvalue weighted by atomic mass is 9.83. The molecule has 0 saturated carbocycles. The van der Waals surface area contributed by atoms with Crippen molar-refractivity contribution in [2.45, 2.75) is 44.6 Å². The summed E-state index contributed by atoms with van der Waals surface area (Å²) in [6.45, 7) is 2.99. The van der Waals surface area contributed by atoms with Crippen molar-refractivity contribution in [2.24, 2.45) is 5.92 Å². The SMILES string of the molecule is O=C1CC[C@@H]2CN(Cc3cccc(Cl)c3)CC[C@@H]2N1Cc1ccc(C(F)(F)F)cc1. The van der Waals surface area contributed by atoms with Gasteiger partial charge in [-0.15, -0.1) is 0 Å². The predicted molar refractivity (Wildman–Crippen MR) is 110 cm³/mol. The molecule has 2 aromatic rings. The number of benzene rings is 2. The van der Waals surface area contributed by atoms with Gasteiger partial charge in [0.1, 0.15) is 0 Å². The zero-order chi connectivity index (χ0) is 21.3. The third-order valence-corrected chi connectivity index (χ3v) is 6.39. The first-order valence-corrected chi connectivity index (χ1v) is 10.6. The van der Waals surface area contributed by atoms with Gasteiger partial charge in [0.05, 0.1) is 5.56 Å². The molecule has 0 spiro atoms. The molecule has 160 valence electrons. The minimum atomic E-state index is -4.35. The summed E-state index contributed by atoms with van der Waals surface area (Å²) < 4.78 is 38.4. The van der Waals surface area contributed by atoms with Gasteiger partial charge in [0.15, 0.2) is 0 Å². The monoisotopic (exact) mass is 436 g/mol. The molecule has 7 heteroatoms. The maximum absolute atomic E-state index is 12.8. The second-order valence-electron chi connectivity index (χ2n) is 8.24. The first-order valence-electron chi connectivity index (χ1n) is 10.2. The van der Waals surface area contributed by atoms with Gasteiger partial charge in [0.2, 0.25) is 5.91 Å². The Hall–Kier alpha value is -2.05. The number of halogens is 4. The van der Waals surface area contributed by atoms with Crippen molar-refractivity contribution in [3.05, 3.63) is 70.2 Å². The van der Waals surface area contributed by atoms with Crippen molar-refractivity contribution in [3.8, 4) is 0 Å². The first-order chi connectivity index (χ1) is 14.3. The van der Waals surface area contributed by atoms with E-state index in [0.717, 1.165) is 55.2 Å². The minimum Gasteiger partial charge on any atom is -0.335 e. The second kappa shape index (κ2) is 8.60. The first kappa shape index (κ1) is 21.2. The van der Waals surface area contributed by atoms with E-state index in [2.05, 4.69) is 11.0 Å². The van der Waals surface area contributed by atoms with Gasteiger partial charge in [-0.1, -0.05) is 35.9 Å². The Kier molecular flexibility index (Phi) is 6.07. The molecule has 2 aromatic carbocycles. The van der Waals surface area contributed by atoms with Crippen LogP contribution < -0.4 is 0 Å². The smallest absolute Gasteiger partial charge is 0.335 e. The van der Waals surface area contributed by atoms with Gasteiger partial charge in [-0.05, 0) is 54.2 Å². The molecule has 2 aliphatic heterocycles. The average molecular weight is 437 g/mol. The molecular weight excluding hydrogens is 413 g/mol. The summed E-state index contributed by atoms with van der Waals surface area (Å²) in [5, 5.41) is 0.730. The Bertz CT molecular complexity index is 900. The van der Waals surface area contributed by atoms with Crippen LogP contribution in [-0.4, -0.2) is 34.8 Å². The predicted octanol–water partition coefficient (Wildman–Crippen LogP) is 5.37. The molecule has 2 atom stereocenters. The van der Waals surface area contributed by atoms with E-state index in [9.17, 15) is 18.0 Å². The Balaban J connectivity index is 1.41. The van der Waals surface area contributed by atoms with Crippen LogP contribution in [0.4, 0.5) is 13.2 Å². The van der Waals surface area contributed by atoms with Gasteiger partial charge < -0.3 is 4.90 Å². The summed E-state index contributed by atoms with van der Waals surface area (Å²) in [7, 11) is 0. The highest BCUT2D eigenvalue weighted by atomic mass is 35.5. The zero-order valence-corrected chi connectivity index (χ0v) is 17.3. The van der Waals surface area contributed by atoms with Crippen LogP contribution in [0, 0.1) is 5.92 Å². The summed E-state index contributed by atoms with van der Waals surface area (Å²) in [4.78, 5) is 16.9. The molecule has 0 unspecified atom stereocenters. The second-order valence-corrected chi connectivity index (χ2v) is 8.67. The number of amides is 1. The van der Waals surface area contributed by atoms with Crippen LogP contribution in [0.25, 0.3) is 0 Å². The minimum absolute atomic E-state index is 0.0967. The van der Waals surface area contributed by atoms with Gasteiger partial charge in [-0.3, -0.25) is 9.69 Å². The molecule has 4 rings (SSSR count). The van der Waals surface area contributed by atoms with E-state index in [1.807, 2.05) is 23.1 Å². The van der Waals surface area contributed by atoms with Gasteiger partial charge >= 0.3 is 6.18 Å². The highest BCUT2D eigenvalue weighted by Crippen LogP contribution is 2.34. The molecule has 0 bridgehead atoms. The van der Waals surface area contributed by atoms with Crippen LogP contribution in [0.15, 0.2) is 48.5 Å². The molecule has 2 saturated heterocycles. The number of carbonyl (C=O) groups is 1. The highest BCUT2D eigenvalue weighted by molar-refractivity contribution is 6.30. The van der Waals surface area contributed by atoms with Crippen LogP contribution in [0.5, 0.6) is 0 Å². The van der Waals surface area contributed by atoms with Crippen molar-refractivity contribution in [1.82, 2.24) is 9.80 Å². The maximum atomic E-state index is 12.8. The van der Waals surface area contributed by atoms with E-state index in [1.165, 1.54) is 17.7 Å². The third-order valence-electron chi connectivity index (χ3n) is 6.16. The number of fused-ring (bicyclic) bond motifs is 1. The lowest BCUT2D eigenvalue weighted by Gasteiger charge is -2.47. The molecule has 1 amide bonds. The highest BCUT2D eigenvalue weighted by Gasteiger charge is 2.39. The average Bonchev–Trinajstić information content (AvgIpc) is 2.70. The Morgan fingerprint density at radius 2 is 1.77 bits per heavy atom. The lowest BCUT2D eigenvalue weighted by molar-refractivity contribution is -0.142. The molecule has 30 heavy (non-hydrogen) atoms. The van der Waals surface area contributed by atoms with Crippen LogP contribution in [0.3, 0.4) is 0 Å². The molecule has 2 heterocycles. The summed E-state index contributed by atoms with van der Waals surface area (Å²) in [5.41, 5.74) is 1.25. The van der Waals surface area contributed by atoms with Gasteiger partial charge in [-0.2, -0.15) is 13.2 Å². The van der Waals surface area contributed by atoms with E-state index in [1.54, 1.807) is 0 Å². The fraction of sp³-hybridized carbons (Fsp3) is 0.435. The van der Waals surface area contributed by atoms with E-state index in [0.29, 0.717) is 18.9 Å². The zero-order valence-electron chi connectivity index (χ0n) is 16.5. The molecule has 0 N–H and O–H groups in total. The van der Waals surface area contributed by atoms with E-state index >= 15 is 0 Å². The summed E-state index contributed by atoms with van der Waals surface area (Å²) in [5.74, 6) is 0.476. The number of hydrogen-bond acceptors (Lipinski definition) is 2. The summed E-state index contributed by atoms with van der Waals surface area (Å²) >= 11 is 6.10. The Labute approximate surface area is 179 Å². The Morgan fingerprint density at radius 3 is 2.47 bits per heavy atom. The van der Waals surface area contributed by atoms with E-state index < -0.39 is 11.7 Å². The molecule has 0 aliphatic carbocycles. The van der Waals surface area contributed by atoms with Gasteiger partial charge in [0.25, 0.3) is 0 Å². The lowest BCUT2D eigenvalue weighted by Crippen LogP contribution is -2.55. The van der Waals surface area contributed by atoms with Crippen molar-refractivity contribution in [2.75, 3.05) is 13.1 Å². The number of hydrogen-bond donors (Lipinski definition) is 0. The summed E-state index contributed by atoms with van der Waals surface area (Å²) in [6, 6.07) is 13.2. The molecule has 0 aromatic heterocycles. The number of nitrogens with zero attached hydrogens (tertiary/aromatic N) is 2. The van der Waals surface area contributed by atoms with Gasteiger partial charge in [-0.25, -0.2) is 0 Å². The molecule has 0 radical (unpaired) electrons. The number of likely N-dealkylation sites (tertiary alicyclic amines) is 2. The van der Waals surface area contributed by atoms with Crippen LogP contribution in [0.2, 0.25) is 5.02 Å². The van der Waals surface area contributed by atoms with E-state index in [4.69, 9.17) is 11.6 Å². The maximum Gasteiger partial charge on any atom is 0.416 e. The largest absolute Gasteiger partial charge is 0.416 e. The van der Waals surface area contributed by atoms with Gasteiger partial charge in [0, 0.05) is 43.7 Å². The number of rotatable bonds is 4. The van der Waals surface area contributed by atoms with E-state index in [-0.39, 0.29) is 11.9 Å². The fourth-order valence-corrected chi connectivity index (χ4v) is 4.88. The van der Waals surface area contributed by atoms with Crippen LogP contribution in [0.1, 0.15) is 36.0 Å². The van der Waals surface area contributed by atoms with Crippen molar-refractivity contribution in [3.63, 3.8) is 0 Å². The van der Waals surface area contributed by atoms with Crippen molar-refractivity contribution >= 4 is 17.5 Å². The van der Waals surface area contributed by atoms with Crippen LogP contribution >= 0.6 is 11.6 Å². The van der Waals surface area contributed by atoms with Crippen molar-refractivity contribution in [1.29, 1.82) is 0 Å². The molecule has 2 fully saturated rings. The quantitative estimate of drug-likeness (QED) is 0.643. The molecular formula is C23H24ClF3N2O. The molecule has 3 nitrogen and oxygen atoms in total. The number of alkyl halides is 3. The summed E-state index contributed by atoms with van der Waals surface area (Å²) in [6.07, 6.45) is -2.12. The van der Waals surface area contributed by atoms with Crippen molar-refractivity contribution < 1.29 is 18.0 Å². The standard InChI is InChI=1S/C23H24ClF3N2O/c24-20-3-1-2-17(12-20)13-28-11-10-21-18(15-28)6-9-22(30)29(21)14-16-4-7-19(8-5-16)23(25,26)27/h1-5,7-8,12,18,21H,6,9-11,13-15H2/t18-,21+/m1/s1. The molecule has 2 aliphatic rings. The van der Waals surface area contributed by atoms with Crippen LogP contribution in [-0.2, 0) is 24.1 Å².